The van der Waals surface area contributed by atoms with Crippen LogP contribution in [0.5, 0.6) is 0 Å². The van der Waals surface area contributed by atoms with E-state index in [-0.39, 0.29) is 22.0 Å². The number of rotatable bonds is 8. The van der Waals surface area contributed by atoms with Crippen LogP contribution < -0.4 is 0 Å². The van der Waals surface area contributed by atoms with Gasteiger partial charge in [-0.25, -0.2) is 4.79 Å². The summed E-state index contributed by atoms with van der Waals surface area (Å²) < 4.78 is 81.0. The third kappa shape index (κ3) is 5.91. The predicted octanol–water partition coefficient (Wildman–Crippen LogP) is 3.13. The van der Waals surface area contributed by atoms with Crippen LogP contribution in [-0.4, -0.2) is 60.1 Å². The molecule has 2 aliphatic rings. The van der Waals surface area contributed by atoms with Crippen LogP contribution in [0.15, 0.2) is 88.7 Å². The van der Waals surface area contributed by atoms with Crippen LogP contribution in [0.4, 0.5) is 0 Å². The van der Waals surface area contributed by atoms with Gasteiger partial charge in [-0.05, 0) is 50.2 Å². The lowest BCUT2D eigenvalue weighted by atomic mass is 10.0. The van der Waals surface area contributed by atoms with Gasteiger partial charge in [0.15, 0.2) is 18.5 Å². The Hall–Kier alpha value is -3.13. The molecule has 3 aromatic rings. The van der Waals surface area contributed by atoms with E-state index in [1.807, 2.05) is 0 Å². The third-order valence-electron chi connectivity index (χ3n) is 6.36. The number of esters is 1. The zero-order chi connectivity index (χ0) is 27.8. The predicted molar refractivity (Wildman–Crippen MR) is 137 cm³/mol. The molecule has 0 aromatic heterocycles. The van der Waals surface area contributed by atoms with Crippen molar-refractivity contribution in [3.8, 4) is 0 Å². The van der Waals surface area contributed by atoms with Gasteiger partial charge < -0.3 is 14.2 Å². The third-order valence-corrected chi connectivity index (χ3v) is 9.01. The molecule has 5 unspecified atom stereocenters. The maximum absolute atomic E-state index is 13.2. The zero-order valence-corrected chi connectivity index (χ0v) is 22.6. The van der Waals surface area contributed by atoms with Crippen LogP contribution in [0, 0.1) is 13.8 Å². The molecule has 206 valence electrons. The van der Waals surface area contributed by atoms with Gasteiger partial charge in [0.2, 0.25) is 0 Å². The molecule has 0 saturated carbocycles. The second-order valence-electron chi connectivity index (χ2n) is 9.27. The number of hydrogen-bond donors (Lipinski definition) is 0. The minimum atomic E-state index is -4.41. The van der Waals surface area contributed by atoms with Crippen molar-refractivity contribution in [1.82, 2.24) is 0 Å². The van der Waals surface area contributed by atoms with E-state index in [0.717, 1.165) is 11.1 Å². The fourth-order valence-corrected chi connectivity index (χ4v) is 6.45. The van der Waals surface area contributed by atoms with Crippen molar-refractivity contribution < 1.29 is 44.2 Å². The van der Waals surface area contributed by atoms with Crippen molar-refractivity contribution in [1.29, 1.82) is 0 Å². The van der Waals surface area contributed by atoms with E-state index in [1.54, 1.807) is 56.3 Å². The second kappa shape index (κ2) is 10.8. The van der Waals surface area contributed by atoms with Gasteiger partial charge >= 0.3 is 5.97 Å². The van der Waals surface area contributed by atoms with E-state index in [1.165, 1.54) is 36.4 Å². The second-order valence-corrected chi connectivity index (χ2v) is 12.4. The summed E-state index contributed by atoms with van der Waals surface area (Å²) in [5, 5.41) is 0. The number of fused-ring (bicyclic) bond motifs is 2. The van der Waals surface area contributed by atoms with Crippen molar-refractivity contribution >= 4 is 26.2 Å². The van der Waals surface area contributed by atoms with Crippen LogP contribution in [0.2, 0.25) is 0 Å². The molecular weight excluding hydrogens is 548 g/mol. The molecule has 3 aromatic carbocycles. The molecule has 2 heterocycles. The summed E-state index contributed by atoms with van der Waals surface area (Å²) in [6.07, 6.45) is -6.80. The Kier molecular flexibility index (Phi) is 7.60. The van der Waals surface area contributed by atoms with Crippen LogP contribution in [0.3, 0.4) is 0 Å². The Morgan fingerprint density at radius 3 is 1.77 bits per heavy atom. The monoisotopic (exact) mass is 574 g/mol. The molecule has 12 heteroatoms. The van der Waals surface area contributed by atoms with Gasteiger partial charge in [-0.15, -0.1) is 0 Å². The molecular formula is C27H26O10S2. The molecule has 2 aliphatic heterocycles. The highest BCUT2D eigenvalue weighted by molar-refractivity contribution is 7.87. The maximum atomic E-state index is 13.2. The highest BCUT2D eigenvalue weighted by Gasteiger charge is 2.57. The van der Waals surface area contributed by atoms with Gasteiger partial charge in [0, 0.05) is 0 Å². The van der Waals surface area contributed by atoms with Crippen molar-refractivity contribution in [2.75, 3.05) is 6.61 Å². The van der Waals surface area contributed by atoms with E-state index >= 15 is 0 Å². The summed E-state index contributed by atoms with van der Waals surface area (Å²) in [5.74, 6) is -0.829. The van der Waals surface area contributed by atoms with Gasteiger partial charge in [0.05, 0.1) is 22.0 Å². The Labute approximate surface area is 226 Å². The van der Waals surface area contributed by atoms with Crippen molar-refractivity contribution in [2.45, 2.75) is 54.3 Å². The molecule has 5 rings (SSSR count). The van der Waals surface area contributed by atoms with Gasteiger partial charge in [-0.1, -0.05) is 53.6 Å². The molecule has 0 N–H and O–H groups in total. The van der Waals surface area contributed by atoms with Gasteiger partial charge in [0.25, 0.3) is 20.2 Å². The Bertz CT molecular complexity index is 1440. The Balaban J connectivity index is 1.51. The smallest absolute Gasteiger partial charge is 0.338 e. The summed E-state index contributed by atoms with van der Waals surface area (Å²) in [5.41, 5.74) is 1.84. The summed E-state index contributed by atoms with van der Waals surface area (Å²) in [7, 11) is -8.81. The largest absolute Gasteiger partial charge is 0.453 e. The first-order valence-corrected chi connectivity index (χ1v) is 14.9. The minimum Gasteiger partial charge on any atom is -0.453 e. The molecule has 2 saturated heterocycles. The van der Waals surface area contributed by atoms with Crippen LogP contribution >= 0.6 is 0 Å². The molecule has 0 aliphatic carbocycles. The summed E-state index contributed by atoms with van der Waals surface area (Å²) in [6.45, 7) is 3.47. The number of aryl methyl sites for hydroxylation is 2. The van der Waals surface area contributed by atoms with Crippen molar-refractivity contribution in [2.24, 2.45) is 0 Å². The molecule has 5 atom stereocenters. The van der Waals surface area contributed by atoms with E-state index in [2.05, 4.69) is 0 Å². The zero-order valence-electron chi connectivity index (χ0n) is 21.0. The Morgan fingerprint density at radius 2 is 1.23 bits per heavy atom. The van der Waals surface area contributed by atoms with E-state index in [0.29, 0.717) is 0 Å². The Morgan fingerprint density at radius 1 is 0.718 bits per heavy atom. The first-order valence-electron chi connectivity index (χ1n) is 12.1. The quantitative estimate of drug-likeness (QED) is 0.292. The lowest BCUT2D eigenvalue weighted by Gasteiger charge is -2.38. The fraction of sp³-hybridized carbons (Fsp3) is 0.296. The number of carbonyl (C=O) groups is 1. The van der Waals surface area contributed by atoms with Gasteiger partial charge in [-0.2, -0.15) is 16.8 Å². The molecule has 0 radical (unpaired) electrons. The average Bonchev–Trinajstić information content (AvgIpc) is 3.36. The topological polar surface area (TPSA) is 132 Å². The number of ether oxygens (including phenoxy) is 3. The standard InChI is InChI=1S/C27H26O10S2/c1-17-8-12-20(13-9-17)38(29,30)36-23-22-16-33-27(34-22)25(24(23)35-26(28)19-6-4-3-5-7-19)37-39(31,32)21-14-10-18(2)11-15-21/h3-15,22-25,27H,16H2,1-2H3. The molecule has 2 fully saturated rings. The van der Waals surface area contributed by atoms with Crippen LogP contribution in [-0.2, 0) is 42.8 Å². The van der Waals surface area contributed by atoms with Crippen molar-refractivity contribution in [3.63, 3.8) is 0 Å². The lowest BCUT2D eigenvalue weighted by molar-refractivity contribution is -0.213. The summed E-state index contributed by atoms with van der Waals surface area (Å²) in [4.78, 5) is 12.8. The van der Waals surface area contributed by atoms with Crippen LogP contribution in [0.25, 0.3) is 0 Å². The maximum Gasteiger partial charge on any atom is 0.338 e. The van der Waals surface area contributed by atoms with Crippen LogP contribution in [0.1, 0.15) is 21.5 Å². The van der Waals surface area contributed by atoms with Gasteiger partial charge in [-0.3, -0.25) is 8.37 Å². The highest BCUT2D eigenvalue weighted by atomic mass is 32.2. The minimum absolute atomic E-state index is 0.132. The summed E-state index contributed by atoms with van der Waals surface area (Å²) in [6, 6.07) is 19.9. The SMILES string of the molecule is Cc1ccc(S(=O)(=O)OC2C3COC(O3)C(OS(=O)(=O)c3ccc(C)cc3)C2OC(=O)c2ccccc2)cc1. The number of carbonyl (C=O) groups excluding carboxylic acids is 1. The highest BCUT2D eigenvalue weighted by Crippen LogP contribution is 2.37. The molecule has 10 nitrogen and oxygen atoms in total. The van der Waals surface area contributed by atoms with E-state index < -0.39 is 56.9 Å². The first kappa shape index (κ1) is 27.4. The van der Waals surface area contributed by atoms with E-state index in [4.69, 9.17) is 22.6 Å². The molecule has 39 heavy (non-hydrogen) atoms. The molecule has 2 bridgehead atoms. The first-order chi connectivity index (χ1) is 18.5. The van der Waals surface area contributed by atoms with Crippen molar-refractivity contribution in [3.05, 3.63) is 95.6 Å². The fourth-order valence-electron chi connectivity index (χ4n) is 4.27. The molecule has 0 spiro atoms. The van der Waals surface area contributed by atoms with E-state index in [9.17, 15) is 21.6 Å². The normalized spacial score (nSPS) is 24.8. The molecule has 0 amide bonds. The lowest BCUT2D eigenvalue weighted by Crippen LogP contribution is -2.58. The number of benzene rings is 3. The average molecular weight is 575 g/mol. The summed E-state index contributed by atoms with van der Waals surface area (Å²) >= 11 is 0. The van der Waals surface area contributed by atoms with Gasteiger partial charge in [0.1, 0.15) is 12.2 Å². The number of hydrogen-bond acceptors (Lipinski definition) is 10.